The first-order valence-corrected chi connectivity index (χ1v) is 9.16. The number of amides is 2. The highest BCUT2D eigenvalue weighted by Crippen LogP contribution is 2.41. The Bertz CT molecular complexity index is 916. The second-order valence-corrected chi connectivity index (χ2v) is 7.55. The average Bonchev–Trinajstić information content (AvgIpc) is 3.24. The highest BCUT2D eigenvalue weighted by Gasteiger charge is 2.43. The molecule has 1 fully saturated rings. The van der Waals surface area contributed by atoms with Crippen molar-refractivity contribution in [1.82, 2.24) is 9.88 Å². The zero-order chi connectivity index (χ0) is 18.3. The molecule has 4 rings (SSSR count). The molecule has 0 atom stereocenters. The van der Waals surface area contributed by atoms with Gasteiger partial charge in [-0.15, -0.1) is 20.1 Å². The molecule has 0 radical (unpaired) electrons. The van der Waals surface area contributed by atoms with Gasteiger partial charge in [0, 0.05) is 23.2 Å². The Hall–Kier alpha value is -2.42. The van der Waals surface area contributed by atoms with Crippen molar-refractivity contribution in [3.05, 3.63) is 34.1 Å². The monoisotopic (exact) mass is 381 g/mol. The largest absolute Gasteiger partial charge is 0.586 e. The van der Waals surface area contributed by atoms with E-state index < -0.39 is 6.29 Å². The molecule has 0 bridgehead atoms. The number of alkyl halides is 2. The van der Waals surface area contributed by atoms with Crippen LogP contribution in [0.5, 0.6) is 11.5 Å². The summed E-state index contributed by atoms with van der Waals surface area (Å²) >= 11 is 1.34. The fraction of sp³-hybridized carbons (Fsp3) is 0.412. The number of hydrogen-bond acceptors (Lipinski definition) is 4. The van der Waals surface area contributed by atoms with Crippen LogP contribution in [0, 0.1) is 6.92 Å². The van der Waals surface area contributed by atoms with Crippen molar-refractivity contribution < 1.29 is 23.0 Å². The van der Waals surface area contributed by atoms with Crippen molar-refractivity contribution in [2.75, 3.05) is 0 Å². The topological polar surface area (TPSA) is 64.8 Å². The summed E-state index contributed by atoms with van der Waals surface area (Å²) in [5.41, 5.74) is 0.557. The van der Waals surface area contributed by atoms with Gasteiger partial charge in [0.2, 0.25) is 0 Å². The van der Waals surface area contributed by atoms with Gasteiger partial charge in [0.05, 0.1) is 5.69 Å². The molecule has 2 aliphatic rings. The smallest absolute Gasteiger partial charge is 0.395 e. The van der Waals surface area contributed by atoms with Gasteiger partial charge in [-0.3, -0.25) is 4.57 Å². The molecule has 2 heterocycles. The molecule has 1 N–H and O–H groups in total. The first-order chi connectivity index (χ1) is 12.4. The number of nitrogens with zero attached hydrogens (tertiary/aromatic N) is 2. The summed E-state index contributed by atoms with van der Waals surface area (Å²) in [6.45, 7) is 1.89. The maximum absolute atomic E-state index is 13.2. The lowest BCUT2D eigenvalue weighted by atomic mass is 10.2. The van der Waals surface area contributed by atoms with Crippen molar-refractivity contribution >= 4 is 17.4 Å². The number of hydrogen-bond donors (Lipinski definition) is 1. The zero-order valence-corrected chi connectivity index (χ0v) is 14.8. The van der Waals surface area contributed by atoms with E-state index in [9.17, 15) is 13.6 Å². The van der Waals surface area contributed by atoms with Crippen LogP contribution in [0.1, 0.15) is 30.6 Å². The lowest BCUT2D eigenvalue weighted by Gasteiger charge is -2.08. The molecule has 2 aromatic rings. The fourth-order valence-corrected chi connectivity index (χ4v) is 4.00. The molecular formula is C17H17F2N3O3S. The molecule has 138 valence electrons. The Morgan fingerprint density at radius 3 is 2.81 bits per heavy atom. The Morgan fingerprint density at radius 2 is 2.04 bits per heavy atom. The van der Waals surface area contributed by atoms with E-state index in [0.717, 1.165) is 30.6 Å². The normalized spacial score (nSPS) is 19.1. The van der Waals surface area contributed by atoms with E-state index in [-0.39, 0.29) is 23.6 Å². The van der Waals surface area contributed by atoms with Crippen molar-refractivity contribution in [3.63, 3.8) is 0 Å². The second kappa shape index (κ2) is 6.39. The van der Waals surface area contributed by atoms with Gasteiger partial charge in [-0.25, -0.2) is 4.79 Å². The Labute approximate surface area is 152 Å². The molecule has 1 aliphatic heterocycles. The molecule has 26 heavy (non-hydrogen) atoms. The number of aryl methyl sites for hydroxylation is 1. The highest BCUT2D eigenvalue weighted by atomic mass is 32.1. The number of fused-ring (bicyclic) bond motifs is 1. The molecule has 1 aliphatic carbocycles. The molecule has 2 amide bonds. The quantitative estimate of drug-likeness (QED) is 0.862. The van der Waals surface area contributed by atoms with Gasteiger partial charge in [0.15, 0.2) is 16.3 Å². The number of carbonyl (C=O) groups is 1. The number of rotatable bonds is 2. The number of halogens is 2. The van der Waals surface area contributed by atoms with E-state index in [2.05, 4.69) is 19.8 Å². The summed E-state index contributed by atoms with van der Waals surface area (Å²) in [7, 11) is 0. The first kappa shape index (κ1) is 17.0. The number of thiazole rings is 1. The van der Waals surface area contributed by atoms with Crippen molar-refractivity contribution in [2.45, 2.75) is 44.9 Å². The summed E-state index contributed by atoms with van der Waals surface area (Å²) in [4.78, 5) is 17.8. The van der Waals surface area contributed by atoms with Crippen molar-refractivity contribution in [3.8, 4) is 17.2 Å². The minimum Gasteiger partial charge on any atom is -0.395 e. The third-order valence-electron chi connectivity index (χ3n) is 4.31. The van der Waals surface area contributed by atoms with E-state index in [0.29, 0.717) is 10.5 Å². The van der Waals surface area contributed by atoms with Crippen molar-refractivity contribution in [1.29, 1.82) is 0 Å². The maximum atomic E-state index is 13.2. The second-order valence-electron chi connectivity index (χ2n) is 6.34. The van der Waals surface area contributed by atoms with Crippen LogP contribution in [0.4, 0.5) is 13.6 Å². The Balaban J connectivity index is 1.64. The van der Waals surface area contributed by atoms with Crippen LogP contribution in [0.3, 0.4) is 0 Å². The van der Waals surface area contributed by atoms with Crippen molar-refractivity contribution in [2.24, 2.45) is 4.99 Å². The number of nitrogens with one attached hydrogen (secondary N) is 1. The molecule has 9 heteroatoms. The molecule has 0 unspecified atom stereocenters. The lowest BCUT2D eigenvalue weighted by Crippen LogP contribution is -2.32. The van der Waals surface area contributed by atoms with E-state index in [1.165, 1.54) is 23.5 Å². The van der Waals surface area contributed by atoms with Gasteiger partial charge < -0.3 is 14.8 Å². The third kappa shape index (κ3) is 3.44. The van der Waals surface area contributed by atoms with Crippen LogP contribution >= 0.6 is 11.3 Å². The summed E-state index contributed by atoms with van der Waals surface area (Å²) < 4.78 is 37.0. The summed E-state index contributed by atoms with van der Waals surface area (Å²) in [5, 5.41) is 2.91. The molecular weight excluding hydrogens is 364 g/mol. The van der Waals surface area contributed by atoms with Crippen LogP contribution in [-0.2, 0) is 0 Å². The van der Waals surface area contributed by atoms with E-state index >= 15 is 0 Å². The van der Waals surface area contributed by atoms with Crippen LogP contribution in [-0.4, -0.2) is 22.9 Å². The molecule has 0 saturated heterocycles. The fourth-order valence-electron chi connectivity index (χ4n) is 3.17. The summed E-state index contributed by atoms with van der Waals surface area (Å²) in [6, 6.07) is 4.25. The van der Waals surface area contributed by atoms with Gasteiger partial charge in [-0.05, 0) is 31.9 Å². The molecule has 6 nitrogen and oxygen atoms in total. The zero-order valence-electron chi connectivity index (χ0n) is 14.0. The van der Waals surface area contributed by atoms with Crippen LogP contribution in [0.25, 0.3) is 5.69 Å². The number of benzene rings is 1. The summed E-state index contributed by atoms with van der Waals surface area (Å²) in [5.74, 6) is -0.0750. The maximum Gasteiger partial charge on any atom is 0.586 e. The number of carbonyl (C=O) groups excluding carboxylic acids is 1. The predicted octanol–water partition coefficient (Wildman–Crippen LogP) is 3.72. The predicted molar refractivity (Wildman–Crippen MR) is 90.9 cm³/mol. The standard InChI is InChI=1S/C17H17F2N3O3S/c1-10-9-22(12-6-7-13-14(8-12)25-17(18,19)24-13)16(26-10)21-15(23)20-11-4-2-3-5-11/h6-9,11H,2-5H2,1H3,(H,20,23)/b21-16-. The minimum atomic E-state index is -3.66. The van der Waals surface area contributed by atoms with Gasteiger partial charge in [0.25, 0.3) is 0 Å². The number of ether oxygens (including phenoxy) is 2. The van der Waals surface area contributed by atoms with E-state index in [1.807, 2.05) is 6.92 Å². The van der Waals surface area contributed by atoms with E-state index in [1.54, 1.807) is 16.8 Å². The van der Waals surface area contributed by atoms with Crippen LogP contribution in [0.15, 0.2) is 29.4 Å². The minimum absolute atomic E-state index is 0.0243. The first-order valence-electron chi connectivity index (χ1n) is 8.34. The van der Waals surface area contributed by atoms with Gasteiger partial charge in [-0.2, -0.15) is 4.99 Å². The molecule has 1 aromatic heterocycles. The van der Waals surface area contributed by atoms with Gasteiger partial charge >= 0.3 is 12.3 Å². The lowest BCUT2D eigenvalue weighted by molar-refractivity contribution is -0.286. The molecule has 0 spiro atoms. The Morgan fingerprint density at radius 1 is 1.31 bits per heavy atom. The SMILES string of the molecule is Cc1cn(-c2ccc3c(c2)OC(F)(F)O3)/c(=N/C(=O)NC2CCCC2)s1. The number of urea groups is 1. The third-order valence-corrected chi connectivity index (χ3v) is 5.21. The Kier molecular flexibility index (Phi) is 4.18. The van der Waals surface area contributed by atoms with Crippen LogP contribution in [0.2, 0.25) is 0 Å². The average molecular weight is 381 g/mol. The summed E-state index contributed by atoms with van der Waals surface area (Å²) in [6.07, 6.45) is 2.31. The molecule has 1 aromatic carbocycles. The highest BCUT2D eigenvalue weighted by molar-refractivity contribution is 7.09. The van der Waals surface area contributed by atoms with Crippen LogP contribution < -0.4 is 19.6 Å². The molecule has 1 saturated carbocycles. The van der Waals surface area contributed by atoms with E-state index in [4.69, 9.17) is 0 Å². The van der Waals surface area contributed by atoms with Gasteiger partial charge in [0.1, 0.15) is 0 Å². The number of aromatic nitrogens is 1. The van der Waals surface area contributed by atoms with Gasteiger partial charge in [-0.1, -0.05) is 12.8 Å².